The Balaban J connectivity index is 1.21. The molecule has 6 nitrogen and oxygen atoms in total. The largest absolute Gasteiger partial charge is 0.385 e. The first-order chi connectivity index (χ1) is 17.1. The highest BCUT2D eigenvalue weighted by Crippen LogP contribution is 2.34. The molecule has 1 aliphatic carbocycles. The zero-order valence-electron chi connectivity index (χ0n) is 20.2. The van der Waals surface area contributed by atoms with Gasteiger partial charge in [-0.3, -0.25) is 0 Å². The number of halogens is 2. The molecule has 3 aliphatic rings. The summed E-state index contributed by atoms with van der Waals surface area (Å²) in [6, 6.07) is 8.44. The summed E-state index contributed by atoms with van der Waals surface area (Å²) in [5.74, 6) is 1.03. The molecule has 0 bridgehead atoms. The maximum atomic E-state index is 14.9. The van der Waals surface area contributed by atoms with E-state index < -0.39 is 0 Å². The lowest BCUT2D eigenvalue weighted by Crippen LogP contribution is -2.42. The molecular weight excluding hydrogens is 467 g/mol. The average molecular weight is 503 g/mol. The molecule has 1 aromatic heterocycles. The van der Waals surface area contributed by atoms with E-state index in [1.165, 1.54) is 6.07 Å². The van der Waals surface area contributed by atoms with Gasteiger partial charge in [0, 0.05) is 67.5 Å². The van der Waals surface area contributed by atoms with Gasteiger partial charge in [0.25, 0.3) is 0 Å². The van der Waals surface area contributed by atoms with Gasteiger partial charge >= 0.3 is 0 Å². The van der Waals surface area contributed by atoms with Gasteiger partial charge in [-0.1, -0.05) is 11.6 Å². The minimum atomic E-state index is -0.289. The lowest BCUT2D eigenvalue weighted by Gasteiger charge is -2.31. The van der Waals surface area contributed by atoms with Gasteiger partial charge in [0.1, 0.15) is 11.6 Å². The summed E-state index contributed by atoms with van der Waals surface area (Å²) in [4.78, 5) is 4.49. The summed E-state index contributed by atoms with van der Waals surface area (Å²) < 4.78 is 25.8. The molecule has 3 heterocycles. The molecule has 3 fully saturated rings. The Bertz CT molecular complexity index is 974. The van der Waals surface area contributed by atoms with E-state index in [9.17, 15) is 4.39 Å². The average Bonchev–Trinajstić information content (AvgIpc) is 3.40. The van der Waals surface area contributed by atoms with Crippen LogP contribution in [-0.2, 0) is 9.47 Å². The first kappa shape index (κ1) is 24.8. The van der Waals surface area contributed by atoms with E-state index in [2.05, 4.69) is 20.9 Å². The van der Waals surface area contributed by atoms with Crippen LogP contribution in [0.25, 0.3) is 11.1 Å². The van der Waals surface area contributed by atoms with Crippen LogP contribution in [0.4, 0.5) is 15.9 Å². The van der Waals surface area contributed by atoms with Gasteiger partial charge in [0.15, 0.2) is 0 Å². The Labute approximate surface area is 212 Å². The SMILES string of the molecule is Fc1ccc(NCC2CCOCC2)cc1-c1cc(N[C@H]2CC[C@H](NC3CCOC3)CC2)ncc1Cl. The van der Waals surface area contributed by atoms with Crippen molar-refractivity contribution in [2.45, 2.75) is 63.1 Å². The maximum Gasteiger partial charge on any atom is 0.131 e. The number of hydrogen-bond acceptors (Lipinski definition) is 6. The number of pyridine rings is 1. The van der Waals surface area contributed by atoms with Crippen LogP contribution in [0.3, 0.4) is 0 Å². The van der Waals surface area contributed by atoms with Gasteiger partial charge in [-0.25, -0.2) is 9.37 Å². The summed E-state index contributed by atoms with van der Waals surface area (Å²) in [6.07, 6.45) is 9.24. The highest BCUT2D eigenvalue weighted by molar-refractivity contribution is 6.33. The Kier molecular flexibility index (Phi) is 8.39. The second-order valence-corrected chi connectivity index (χ2v) is 10.5. The molecule has 1 aromatic carbocycles. The number of rotatable bonds is 8. The summed E-state index contributed by atoms with van der Waals surface area (Å²) in [5, 5.41) is 11.2. The number of nitrogens with zero attached hydrogens (tertiary/aromatic N) is 1. The topological polar surface area (TPSA) is 67.4 Å². The predicted molar refractivity (Wildman–Crippen MR) is 139 cm³/mol. The second kappa shape index (κ2) is 11.9. The van der Waals surface area contributed by atoms with Crippen LogP contribution < -0.4 is 16.0 Å². The van der Waals surface area contributed by atoms with Gasteiger partial charge < -0.3 is 25.4 Å². The minimum absolute atomic E-state index is 0.289. The summed E-state index contributed by atoms with van der Waals surface area (Å²) in [7, 11) is 0. The zero-order valence-corrected chi connectivity index (χ0v) is 21.0. The monoisotopic (exact) mass is 502 g/mol. The van der Waals surface area contributed by atoms with Crippen LogP contribution in [0.5, 0.6) is 0 Å². The molecule has 3 N–H and O–H groups in total. The lowest BCUT2D eigenvalue weighted by atomic mass is 9.90. The molecule has 5 rings (SSSR count). The van der Waals surface area contributed by atoms with Gasteiger partial charge in [0.2, 0.25) is 0 Å². The Morgan fingerprint density at radius 3 is 2.43 bits per heavy atom. The Morgan fingerprint density at radius 2 is 1.66 bits per heavy atom. The third kappa shape index (κ3) is 6.64. The fourth-order valence-electron chi connectivity index (χ4n) is 5.39. The van der Waals surface area contributed by atoms with Crippen LogP contribution in [-0.4, -0.2) is 56.1 Å². The van der Waals surface area contributed by atoms with Gasteiger partial charge in [-0.05, 0) is 75.1 Å². The van der Waals surface area contributed by atoms with Crippen LogP contribution in [0.1, 0.15) is 44.9 Å². The molecule has 2 aliphatic heterocycles. The van der Waals surface area contributed by atoms with Crippen LogP contribution in [0.2, 0.25) is 5.02 Å². The molecular formula is C27H36ClFN4O2. The quantitative estimate of drug-likeness (QED) is 0.444. The molecule has 0 radical (unpaired) electrons. The second-order valence-electron chi connectivity index (χ2n) is 10.1. The van der Waals surface area contributed by atoms with Crippen molar-refractivity contribution in [3.05, 3.63) is 41.3 Å². The van der Waals surface area contributed by atoms with E-state index in [0.717, 1.165) is 89.4 Å². The smallest absolute Gasteiger partial charge is 0.131 e. The minimum Gasteiger partial charge on any atom is -0.385 e. The van der Waals surface area contributed by atoms with Gasteiger partial charge in [0.05, 0.1) is 11.6 Å². The third-order valence-electron chi connectivity index (χ3n) is 7.53. The van der Waals surface area contributed by atoms with Gasteiger partial charge in [-0.2, -0.15) is 0 Å². The van der Waals surface area contributed by atoms with Gasteiger partial charge in [-0.15, -0.1) is 0 Å². The normalized spacial score (nSPS) is 25.5. The van der Waals surface area contributed by atoms with E-state index in [4.69, 9.17) is 21.1 Å². The van der Waals surface area contributed by atoms with Crippen LogP contribution in [0, 0.1) is 11.7 Å². The Hall–Kier alpha value is -1.93. The van der Waals surface area contributed by atoms with E-state index in [-0.39, 0.29) is 5.82 Å². The highest BCUT2D eigenvalue weighted by Gasteiger charge is 2.25. The van der Waals surface area contributed by atoms with Crippen molar-refractivity contribution in [1.29, 1.82) is 0 Å². The van der Waals surface area contributed by atoms with Crippen molar-refractivity contribution >= 4 is 23.1 Å². The fraction of sp³-hybridized carbons (Fsp3) is 0.593. The number of benzene rings is 1. The first-order valence-corrected chi connectivity index (χ1v) is 13.4. The lowest BCUT2D eigenvalue weighted by molar-refractivity contribution is 0.0699. The van der Waals surface area contributed by atoms with Crippen molar-refractivity contribution < 1.29 is 13.9 Å². The van der Waals surface area contributed by atoms with Crippen molar-refractivity contribution in [2.24, 2.45) is 5.92 Å². The summed E-state index contributed by atoms with van der Waals surface area (Å²) in [6.45, 7) is 4.19. The molecule has 190 valence electrons. The highest BCUT2D eigenvalue weighted by atomic mass is 35.5. The van der Waals surface area contributed by atoms with Crippen molar-refractivity contribution in [3.8, 4) is 11.1 Å². The standard InChI is InChI=1S/C27H36ClFN4O2/c28-25-16-31-27(33-20-3-1-19(2-4-20)32-22-9-12-35-17-22)14-23(25)24-13-21(5-6-26(24)29)30-15-18-7-10-34-11-8-18/h5-6,13-14,16,18-20,22,30,32H,1-4,7-12,15,17H2,(H,31,33)/t19-,20-,22?. The molecule has 35 heavy (non-hydrogen) atoms. The summed E-state index contributed by atoms with van der Waals surface area (Å²) >= 11 is 6.49. The molecule has 1 unspecified atom stereocenters. The molecule has 8 heteroatoms. The number of ether oxygens (including phenoxy) is 2. The number of anilines is 2. The van der Waals surface area contributed by atoms with E-state index in [1.54, 1.807) is 12.3 Å². The maximum absolute atomic E-state index is 14.9. The predicted octanol–water partition coefficient (Wildman–Crippen LogP) is 5.48. The van der Waals surface area contributed by atoms with Crippen molar-refractivity contribution in [2.75, 3.05) is 43.6 Å². The Morgan fingerprint density at radius 1 is 0.886 bits per heavy atom. The third-order valence-corrected chi connectivity index (χ3v) is 7.83. The number of nitrogens with one attached hydrogen (secondary N) is 3. The molecule has 2 aromatic rings. The molecule has 0 amide bonds. The fourth-order valence-corrected chi connectivity index (χ4v) is 5.60. The van der Waals surface area contributed by atoms with Crippen molar-refractivity contribution in [3.63, 3.8) is 0 Å². The number of hydrogen-bond donors (Lipinski definition) is 3. The molecule has 0 spiro atoms. The first-order valence-electron chi connectivity index (χ1n) is 13.0. The van der Waals surface area contributed by atoms with E-state index in [0.29, 0.717) is 40.2 Å². The van der Waals surface area contributed by atoms with E-state index in [1.807, 2.05) is 12.1 Å². The van der Waals surface area contributed by atoms with Crippen molar-refractivity contribution in [1.82, 2.24) is 10.3 Å². The van der Waals surface area contributed by atoms with E-state index >= 15 is 0 Å². The van der Waals surface area contributed by atoms with Crippen LogP contribution in [0.15, 0.2) is 30.5 Å². The molecule has 2 saturated heterocycles. The number of aromatic nitrogens is 1. The van der Waals surface area contributed by atoms with Crippen LogP contribution >= 0.6 is 11.6 Å². The molecule has 1 atom stereocenters. The zero-order chi connectivity index (χ0) is 24.0. The molecule has 1 saturated carbocycles. The summed E-state index contributed by atoms with van der Waals surface area (Å²) in [5.41, 5.74) is 2.05.